The van der Waals surface area contributed by atoms with Gasteiger partial charge in [-0.05, 0) is 123 Å². The predicted octanol–water partition coefficient (Wildman–Crippen LogP) is 8.66. The van der Waals surface area contributed by atoms with E-state index in [1.54, 1.807) is 12.0 Å². The summed E-state index contributed by atoms with van der Waals surface area (Å²) < 4.78 is 25.7. The molecule has 0 atom stereocenters. The van der Waals surface area contributed by atoms with Gasteiger partial charge in [0, 0.05) is 44.0 Å². The zero-order valence-electron chi connectivity index (χ0n) is 52.0. The summed E-state index contributed by atoms with van der Waals surface area (Å²) in [4.78, 5) is 144. The lowest BCUT2D eigenvalue weighted by molar-refractivity contribution is -0.174. The van der Waals surface area contributed by atoms with Gasteiger partial charge in [0.1, 0.15) is 35.3 Å². The minimum absolute atomic E-state index is 0.00752. The number of imide groups is 3. The van der Waals surface area contributed by atoms with Crippen molar-refractivity contribution in [3.05, 3.63) is 176 Å². The molecule has 4 saturated carbocycles. The van der Waals surface area contributed by atoms with Crippen molar-refractivity contribution in [1.29, 1.82) is 0 Å². The van der Waals surface area contributed by atoms with E-state index in [4.69, 9.17) is 27.2 Å². The van der Waals surface area contributed by atoms with Crippen molar-refractivity contribution >= 4 is 47.2 Å². The highest BCUT2D eigenvalue weighted by atomic mass is 16.7. The van der Waals surface area contributed by atoms with Crippen LogP contribution in [0, 0.1) is 17.8 Å². The van der Waals surface area contributed by atoms with E-state index in [0.29, 0.717) is 67.0 Å². The van der Waals surface area contributed by atoms with Crippen molar-refractivity contribution in [1.82, 2.24) is 20.2 Å². The summed E-state index contributed by atoms with van der Waals surface area (Å²) in [5.74, 6) is 1.16. The fraction of sp³-hybridized carbons (Fsp3) is 0.493. The first-order chi connectivity index (χ1) is 43.9. The molecule has 1 N–H and O–H groups in total. The molecule has 8 aliphatic rings. The van der Waals surface area contributed by atoms with Crippen LogP contribution in [0.4, 0.5) is 5.88 Å². The van der Waals surface area contributed by atoms with Gasteiger partial charge in [0.25, 0.3) is 29.5 Å². The molecule has 8 heterocycles. The number of aryl methyl sites for hydroxylation is 4. The van der Waals surface area contributed by atoms with Crippen molar-refractivity contribution in [2.75, 3.05) is 31.7 Å². The fourth-order valence-corrected chi connectivity index (χ4v) is 12.0. The van der Waals surface area contributed by atoms with E-state index in [-0.39, 0.29) is 90.2 Å². The van der Waals surface area contributed by atoms with Gasteiger partial charge >= 0.3 is 22.5 Å². The lowest BCUT2D eigenvalue weighted by atomic mass is 9.88. The second-order valence-corrected chi connectivity index (χ2v) is 24.7. The molecule has 4 aliphatic carbocycles. The number of methoxy groups -OCH3 is 1. The molecule has 4 aromatic heterocycles. The molecule has 0 radical (unpaired) electrons. The molecule has 22 heteroatoms. The maximum Gasteiger partial charge on any atom is 0.337 e. The number of carbonyl (C=O) groups is 7. The van der Waals surface area contributed by atoms with Crippen LogP contribution in [0.25, 0.3) is 0 Å². The zero-order chi connectivity index (χ0) is 64.5. The molecule has 5 aromatic rings. The Morgan fingerprint density at radius 2 is 1.03 bits per heavy atom. The molecular weight excluding hydrogens is 1170 g/mol. The SMILES string of the molecule is C=C1NC(=O)c2c(CCC3CC3)cc(=O)oc2N1CCOC.CCCCc1cc(=O)oc2c1C(=O)N(OCc1ccccc1)C(=O)C2.CCCN1C(=O)Cc2oc(=O)cc(CCC3CC3)c2C1=O.O=C1Cc2oc(=O)cc(CCCC3CC3)c2C(=O)N1C1CCC1. The van der Waals surface area contributed by atoms with Gasteiger partial charge in [0.2, 0.25) is 17.7 Å². The quantitative estimate of drug-likeness (QED) is 0.0634. The summed E-state index contributed by atoms with van der Waals surface area (Å²) in [6.45, 7) is 9.18. The van der Waals surface area contributed by atoms with Crippen LogP contribution in [0.15, 0.2) is 104 Å². The van der Waals surface area contributed by atoms with Gasteiger partial charge in [-0.25, -0.2) is 19.2 Å². The Hall–Kier alpha value is -8.63. The van der Waals surface area contributed by atoms with Crippen molar-refractivity contribution in [3.63, 3.8) is 0 Å². The van der Waals surface area contributed by atoms with Crippen LogP contribution in [-0.4, -0.2) is 89.1 Å². The van der Waals surface area contributed by atoms with E-state index in [1.165, 1.54) is 72.6 Å². The van der Waals surface area contributed by atoms with Crippen molar-refractivity contribution in [3.8, 4) is 0 Å². The molecule has 22 nitrogen and oxygen atoms in total. The normalized spacial score (nSPS) is 17.6. The molecule has 4 aliphatic heterocycles. The van der Waals surface area contributed by atoms with Gasteiger partial charge < -0.3 is 27.7 Å². The molecule has 13 rings (SSSR count). The monoisotopic (exact) mass is 1250 g/mol. The number of nitrogens with one attached hydrogen (secondary N) is 1. The number of nitrogens with zero attached hydrogens (tertiary/aromatic N) is 4. The lowest BCUT2D eigenvalue weighted by Gasteiger charge is -2.38. The number of carbonyl (C=O) groups excluding carboxylic acids is 7. The van der Waals surface area contributed by atoms with E-state index in [0.717, 1.165) is 116 Å². The summed E-state index contributed by atoms with van der Waals surface area (Å²) in [6.07, 6.45) is 19.6. The second-order valence-electron chi connectivity index (χ2n) is 24.7. The Labute approximate surface area is 525 Å². The van der Waals surface area contributed by atoms with Crippen molar-refractivity contribution in [2.45, 2.75) is 174 Å². The first kappa shape index (κ1) is 65.3. The Morgan fingerprint density at radius 3 is 1.57 bits per heavy atom. The molecule has 0 bridgehead atoms. The molecule has 0 unspecified atom stereocenters. The van der Waals surface area contributed by atoms with E-state index in [1.807, 2.05) is 44.2 Å². The number of anilines is 1. The number of unbranched alkanes of at least 4 members (excludes halogenated alkanes) is 1. The smallest absolute Gasteiger partial charge is 0.337 e. The third kappa shape index (κ3) is 16.1. The van der Waals surface area contributed by atoms with Crippen LogP contribution in [-0.2, 0) is 75.5 Å². The number of hydrogen-bond donors (Lipinski definition) is 1. The third-order valence-electron chi connectivity index (χ3n) is 17.7. The number of rotatable bonds is 22. The molecule has 91 heavy (non-hydrogen) atoms. The molecule has 0 spiro atoms. The number of hydrogen-bond acceptors (Lipinski definition) is 18. The number of hydroxylamine groups is 2. The van der Waals surface area contributed by atoms with Crippen molar-refractivity contribution < 1.29 is 60.8 Å². The summed E-state index contributed by atoms with van der Waals surface area (Å²) in [5, 5.41) is 3.52. The van der Waals surface area contributed by atoms with Crippen molar-refractivity contribution in [2.24, 2.45) is 17.8 Å². The van der Waals surface area contributed by atoms with E-state index < -0.39 is 34.3 Å². The maximum atomic E-state index is 12.8. The Morgan fingerprint density at radius 1 is 0.527 bits per heavy atom. The van der Waals surface area contributed by atoms with Crippen LogP contribution >= 0.6 is 0 Å². The Balaban J connectivity index is 0.000000133. The van der Waals surface area contributed by atoms with Crippen LogP contribution in [0.3, 0.4) is 0 Å². The number of benzene rings is 1. The Bertz CT molecular complexity index is 3840. The minimum atomic E-state index is -0.572. The average Bonchev–Trinajstić information content (AvgIpc) is 1.57. The number of fused-ring (bicyclic) bond motifs is 4. The second kappa shape index (κ2) is 29.5. The van der Waals surface area contributed by atoms with Gasteiger partial charge in [-0.2, -0.15) is 0 Å². The summed E-state index contributed by atoms with van der Waals surface area (Å²) in [5.41, 5.74) is 3.47. The van der Waals surface area contributed by atoms with Crippen LogP contribution in [0.5, 0.6) is 0 Å². The zero-order valence-corrected chi connectivity index (χ0v) is 52.0. The van der Waals surface area contributed by atoms with Crippen LogP contribution in [0.1, 0.15) is 203 Å². The Kier molecular flexibility index (Phi) is 21.2. The summed E-state index contributed by atoms with van der Waals surface area (Å²) >= 11 is 0. The van der Waals surface area contributed by atoms with Gasteiger partial charge in [-0.3, -0.25) is 53.1 Å². The summed E-state index contributed by atoms with van der Waals surface area (Å²) in [7, 11) is 1.59. The molecule has 4 fully saturated rings. The number of ether oxygens (including phenoxy) is 1. The molecule has 0 saturated heterocycles. The van der Waals surface area contributed by atoms with E-state index >= 15 is 0 Å². The standard InChI is InChI=1S/C19H19NO5.C18H21NO4.C16H20N2O4.C16H19NO4/c1-2-3-9-14-10-17(22)25-15-11-16(21)20(19(23)18(14)15)24-12-13-7-5-4-6-8-13;20-15-10-14-17(18(22)19(15)13-5-2-6-13)12(9-16(21)23-14)4-1-3-11-7-8-11;1-10-17-15(20)14-12(6-5-11-3-4-11)9-13(19)22-16(14)18(10)7-8-21-2;1-2-7-17-13(18)9-12-15(16(17)20)11(8-14(19)21-12)6-5-10-3-4-10/h4-8,10H,2-3,9,11-12H2,1H3;9,11,13H,1-8,10H2;9,11H,1,3-8H2,2H3,(H,17,20);8,10H,2-7,9H2,1H3. The maximum absolute atomic E-state index is 12.8. The molecular formula is C69H79N5O17. The highest BCUT2D eigenvalue weighted by molar-refractivity contribution is 6.11. The first-order valence-electron chi connectivity index (χ1n) is 32.1. The predicted molar refractivity (Wildman–Crippen MR) is 331 cm³/mol. The fourth-order valence-electron chi connectivity index (χ4n) is 12.0. The summed E-state index contributed by atoms with van der Waals surface area (Å²) in [6, 6.07) is 14.9. The highest BCUT2D eigenvalue weighted by Crippen LogP contribution is 2.38. The topological polar surface area (TPSA) is 284 Å². The van der Waals surface area contributed by atoms with Gasteiger partial charge in [-0.1, -0.05) is 102 Å². The van der Waals surface area contributed by atoms with Crippen LogP contribution < -0.4 is 32.7 Å². The molecule has 1 aromatic carbocycles. The van der Waals surface area contributed by atoms with E-state index in [9.17, 15) is 52.7 Å². The van der Waals surface area contributed by atoms with Crippen LogP contribution in [0.2, 0.25) is 0 Å². The van der Waals surface area contributed by atoms with Gasteiger partial charge in [0.15, 0.2) is 0 Å². The number of amides is 7. The third-order valence-corrected chi connectivity index (χ3v) is 17.7. The highest BCUT2D eigenvalue weighted by Gasteiger charge is 2.42. The van der Waals surface area contributed by atoms with Gasteiger partial charge in [-0.15, -0.1) is 5.06 Å². The molecule has 7 amide bonds. The molecule has 482 valence electrons. The minimum Gasteiger partial charge on any atom is -0.426 e. The lowest BCUT2D eigenvalue weighted by Crippen LogP contribution is -2.51. The first-order valence-corrected chi connectivity index (χ1v) is 32.1. The average molecular weight is 1250 g/mol. The van der Waals surface area contributed by atoms with Gasteiger partial charge in [0.05, 0.1) is 49.1 Å². The largest absolute Gasteiger partial charge is 0.426 e. The van der Waals surface area contributed by atoms with E-state index in [2.05, 4.69) is 11.9 Å².